The number of fused-ring (bicyclic) bond motifs is 2. The van der Waals surface area contributed by atoms with Gasteiger partial charge >= 0.3 is 11.8 Å². The Balaban J connectivity index is 1.45. The molecule has 2 N–H and O–H groups in total. The molecule has 2 bridgehead atoms. The molecular formula is C18H30N2O2. The minimum atomic E-state index is -0.431. The first-order valence-corrected chi connectivity index (χ1v) is 9.25. The van der Waals surface area contributed by atoms with Crippen LogP contribution in [0.15, 0.2) is 0 Å². The minimum absolute atomic E-state index is 0.127. The molecule has 2 amide bonds. The van der Waals surface area contributed by atoms with E-state index in [1.54, 1.807) is 0 Å². The maximum absolute atomic E-state index is 12.2. The van der Waals surface area contributed by atoms with Crippen molar-refractivity contribution < 1.29 is 9.59 Å². The number of hydrogen-bond acceptors (Lipinski definition) is 2. The Kier molecular flexibility index (Phi) is 5.04. The Morgan fingerprint density at radius 1 is 0.909 bits per heavy atom. The summed E-state index contributed by atoms with van der Waals surface area (Å²) in [5, 5.41) is 5.90. The van der Waals surface area contributed by atoms with Crippen molar-refractivity contribution in [3.05, 3.63) is 0 Å². The van der Waals surface area contributed by atoms with E-state index in [0.29, 0.717) is 5.92 Å². The molecule has 4 atom stereocenters. The van der Waals surface area contributed by atoms with Gasteiger partial charge in [0.2, 0.25) is 0 Å². The van der Waals surface area contributed by atoms with Crippen molar-refractivity contribution >= 4 is 11.8 Å². The van der Waals surface area contributed by atoms with E-state index in [-0.39, 0.29) is 12.1 Å². The Bertz CT molecular complexity index is 415. The first-order valence-electron chi connectivity index (χ1n) is 9.25. The molecule has 3 aliphatic carbocycles. The number of carbonyl (C=O) groups is 2. The van der Waals surface area contributed by atoms with Gasteiger partial charge in [-0.3, -0.25) is 9.59 Å². The Morgan fingerprint density at radius 2 is 1.64 bits per heavy atom. The summed E-state index contributed by atoms with van der Waals surface area (Å²) in [5.74, 6) is 1.36. The van der Waals surface area contributed by atoms with Crippen molar-refractivity contribution in [2.45, 2.75) is 83.2 Å². The normalized spacial score (nSPS) is 33.2. The molecule has 3 aliphatic rings. The van der Waals surface area contributed by atoms with Crippen LogP contribution in [0, 0.1) is 17.8 Å². The van der Waals surface area contributed by atoms with Crippen LogP contribution in [0.25, 0.3) is 0 Å². The summed E-state index contributed by atoms with van der Waals surface area (Å²) in [6, 6.07) is 0.321. The van der Waals surface area contributed by atoms with Crippen LogP contribution < -0.4 is 10.6 Å². The average Bonchev–Trinajstić information content (AvgIpc) is 3.04. The topological polar surface area (TPSA) is 58.2 Å². The molecule has 4 unspecified atom stereocenters. The highest BCUT2D eigenvalue weighted by Gasteiger charge is 2.42. The maximum atomic E-state index is 12.2. The minimum Gasteiger partial charge on any atom is -0.345 e. The van der Waals surface area contributed by atoms with Gasteiger partial charge in [0.25, 0.3) is 0 Å². The zero-order valence-corrected chi connectivity index (χ0v) is 13.8. The summed E-state index contributed by atoms with van der Waals surface area (Å²) >= 11 is 0. The lowest BCUT2D eigenvalue weighted by Gasteiger charge is -2.28. The maximum Gasteiger partial charge on any atom is 0.309 e. The van der Waals surface area contributed by atoms with Gasteiger partial charge in [0.05, 0.1) is 0 Å². The van der Waals surface area contributed by atoms with Crippen LogP contribution in [-0.4, -0.2) is 23.9 Å². The van der Waals surface area contributed by atoms with E-state index in [1.807, 2.05) is 0 Å². The second kappa shape index (κ2) is 7.01. The van der Waals surface area contributed by atoms with Gasteiger partial charge in [0.1, 0.15) is 0 Å². The third-order valence-corrected chi connectivity index (χ3v) is 6.19. The predicted molar refractivity (Wildman–Crippen MR) is 86.2 cm³/mol. The van der Waals surface area contributed by atoms with E-state index in [0.717, 1.165) is 37.5 Å². The van der Waals surface area contributed by atoms with Crippen molar-refractivity contribution in [2.75, 3.05) is 0 Å². The van der Waals surface area contributed by atoms with Gasteiger partial charge in [-0.2, -0.15) is 0 Å². The van der Waals surface area contributed by atoms with Crippen LogP contribution in [0.1, 0.15) is 71.1 Å². The Morgan fingerprint density at radius 3 is 2.23 bits per heavy atom. The van der Waals surface area contributed by atoms with Crippen LogP contribution in [0.3, 0.4) is 0 Å². The summed E-state index contributed by atoms with van der Waals surface area (Å²) in [5.41, 5.74) is 0. The molecule has 124 valence electrons. The van der Waals surface area contributed by atoms with E-state index in [2.05, 4.69) is 17.6 Å². The zero-order chi connectivity index (χ0) is 15.5. The summed E-state index contributed by atoms with van der Waals surface area (Å²) in [4.78, 5) is 24.3. The van der Waals surface area contributed by atoms with Crippen LogP contribution in [0.5, 0.6) is 0 Å². The predicted octanol–water partition coefficient (Wildman–Crippen LogP) is 2.77. The summed E-state index contributed by atoms with van der Waals surface area (Å²) < 4.78 is 0. The molecule has 0 spiro atoms. The molecule has 22 heavy (non-hydrogen) atoms. The lowest BCUT2D eigenvalue weighted by molar-refractivity contribution is -0.140. The van der Waals surface area contributed by atoms with Gasteiger partial charge in [0.15, 0.2) is 0 Å². The lowest BCUT2D eigenvalue weighted by atomic mass is 9.84. The zero-order valence-electron chi connectivity index (χ0n) is 13.8. The molecule has 0 aromatic heterocycles. The van der Waals surface area contributed by atoms with Gasteiger partial charge in [-0.15, -0.1) is 0 Å². The smallest absolute Gasteiger partial charge is 0.309 e. The fourth-order valence-corrected chi connectivity index (χ4v) is 4.96. The van der Waals surface area contributed by atoms with Gasteiger partial charge in [0, 0.05) is 12.1 Å². The highest BCUT2D eigenvalue weighted by molar-refractivity contribution is 6.35. The van der Waals surface area contributed by atoms with E-state index in [1.165, 1.54) is 38.5 Å². The van der Waals surface area contributed by atoms with Crippen LogP contribution >= 0.6 is 0 Å². The van der Waals surface area contributed by atoms with Crippen molar-refractivity contribution in [1.29, 1.82) is 0 Å². The number of nitrogens with one attached hydrogen (secondary N) is 2. The molecule has 0 aromatic carbocycles. The molecule has 4 nitrogen and oxygen atoms in total. The molecule has 3 rings (SSSR count). The number of rotatable bonds is 3. The third-order valence-electron chi connectivity index (χ3n) is 6.19. The fraction of sp³-hybridized carbons (Fsp3) is 0.889. The number of hydrogen-bond donors (Lipinski definition) is 2. The quantitative estimate of drug-likeness (QED) is 0.622. The number of carbonyl (C=O) groups excluding carboxylic acids is 2. The van der Waals surface area contributed by atoms with Crippen LogP contribution in [0.4, 0.5) is 0 Å². The largest absolute Gasteiger partial charge is 0.345 e. The van der Waals surface area contributed by atoms with Crippen molar-refractivity contribution in [3.8, 4) is 0 Å². The van der Waals surface area contributed by atoms with Crippen molar-refractivity contribution in [2.24, 2.45) is 17.8 Å². The number of amides is 2. The summed E-state index contributed by atoms with van der Waals surface area (Å²) in [7, 11) is 0. The molecule has 4 heteroatoms. The molecule has 3 saturated carbocycles. The average molecular weight is 306 g/mol. The Labute approximate surface area is 133 Å². The highest BCUT2D eigenvalue weighted by Crippen LogP contribution is 2.49. The monoisotopic (exact) mass is 306 g/mol. The second-order valence-corrected chi connectivity index (χ2v) is 7.76. The van der Waals surface area contributed by atoms with Gasteiger partial charge < -0.3 is 10.6 Å². The van der Waals surface area contributed by atoms with Crippen molar-refractivity contribution in [3.63, 3.8) is 0 Å². The first-order chi connectivity index (χ1) is 10.6. The second-order valence-electron chi connectivity index (χ2n) is 7.76. The third kappa shape index (κ3) is 3.64. The molecule has 0 saturated heterocycles. The molecule has 0 heterocycles. The highest BCUT2D eigenvalue weighted by atomic mass is 16.2. The van der Waals surface area contributed by atoms with Crippen LogP contribution in [0.2, 0.25) is 0 Å². The molecule has 0 aromatic rings. The van der Waals surface area contributed by atoms with E-state index in [4.69, 9.17) is 0 Å². The molecule has 3 fully saturated rings. The molecular weight excluding hydrogens is 276 g/mol. The standard InChI is InChI=1S/C18H30N2O2/c1-12(16-11-13-8-9-14(16)10-13)19-17(21)18(22)20-15-6-4-2-3-5-7-15/h12-16H,2-11H2,1H3,(H,19,21)(H,20,22). The summed E-state index contributed by atoms with van der Waals surface area (Å²) in [6.45, 7) is 2.07. The fourth-order valence-electron chi connectivity index (χ4n) is 4.96. The summed E-state index contributed by atoms with van der Waals surface area (Å²) in [6.07, 6.45) is 12.1. The van der Waals surface area contributed by atoms with Gasteiger partial charge in [-0.25, -0.2) is 0 Å². The SMILES string of the molecule is CC(NC(=O)C(=O)NC1CCCCCC1)C1CC2CCC1C2. The molecule has 0 radical (unpaired) electrons. The van der Waals surface area contributed by atoms with Gasteiger partial charge in [-0.05, 0) is 56.8 Å². The Hall–Kier alpha value is -1.06. The van der Waals surface area contributed by atoms with Crippen LogP contribution in [-0.2, 0) is 9.59 Å². The van der Waals surface area contributed by atoms with E-state index >= 15 is 0 Å². The lowest BCUT2D eigenvalue weighted by Crippen LogP contribution is -2.49. The van der Waals surface area contributed by atoms with E-state index in [9.17, 15) is 9.59 Å². The first kappa shape index (κ1) is 15.8. The van der Waals surface area contributed by atoms with Gasteiger partial charge in [-0.1, -0.05) is 32.1 Å². The van der Waals surface area contributed by atoms with Crippen molar-refractivity contribution in [1.82, 2.24) is 10.6 Å². The molecule has 0 aliphatic heterocycles. The van der Waals surface area contributed by atoms with E-state index < -0.39 is 11.8 Å².